The number of likely N-dealkylation sites (N-methyl/N-ethyl adjacent to an activating group) is 1. The molecule has 3 heteroatoms. The van der Waals surface area contributed by atoms with Gasteiger partial charge in [0, 0.05) is 7.05 Å². The molecule has 96 valence electrons. The summed E-state index contributed by atoms with van der Waals surface area (Å²) in [6, 6.07) is 20.4. The molecular formula is C16H16N2O. The SMILES string of the molecule is CN1C(O)=NC(c2ccccc2)C1c1ccccc1. The van der Waals surface area contributed by atoms with E-state index < -0.39 is 0 Å². The largest absolute Gasteiger partial charge is 0.481 e. The number of nitrogens with zero attached hydrogens (tertiary/aromatic N) is 2. The second-order valence-electron chi connectivity index (χ2n) is 4.75. The summed E-state index contributed by atoms with van der Waals surface area (Å²) in [5, 5.41) is 9.94. The highest BCUT2D eigenvalue weighted by Crippen LogP contribution is 2.40. The van der Waals surface area contributed by atoms with Crippen molar-refractivity contribution in [2.45, 2.75) is 12.1 Å². The molecule has 19 heavy (non-hydrogen) atoms. The molecule has 2 atom stereocenters. The van der Waals surface area contributed by atoms with E-state index in [1.807, 2.05) is 48.3 Å². The second-order valence-corrected chi connectivity index (χ2v) is 4.75. The predicted octanol–water partition coefficient (Wildman–Crippen LogP) is 3.33. The average Bonchev–Trinajstić information content (AvgIpc) is 2.77. The molecule has 0 saturated heterocycles. The number of rotatable bonds is 2. The van der Waals surface area contributed by atoms with Crippen molar-refractivity contribution in [3.63, 3.8) is 0 Å². The molecular weight excluding hydrogens is 236 g/mol. The average molecular weight is 252 g/mol. The summed E-state index contributed by atoms with van der Waals surface area (Å²) in [4.78, 5) is 6.22. The molecule has 0 saturated carbocycles. The van der Waals surface area contributed by atoms with Crippen LogP contribution in [-0.4, -0.2) is 23.1 Å². The minimum Gasteiger partial charge on any atom is -0.481 e. The van der Waals surface area contributed by atoms with E-state index in [1.165, 1.54) is 0 Å². The lowest BCUT2D eigenvalue weighted by molar-refractivity contribution is 0.318. The highest BCUT2D eigenvalue weighted by atomic mass is 16.3. The normalized spacial score (nSPS) is 22.4. The monoisotopic (exact) mass is 252 g/mol. The molecule has 2 aromatic rings. The predicted molar refractivity (Wildman–Crippen MR) is 76.2 cm³/mol. The second kappa shape index (κ2) is 4.76. The topological polar surface area (TPSA) is 35.8 Å². The van der Waals surface area contributed by atoms with E-state index in [0.717, 1.165) is 11.1 Å². The standard InChI is InChI=1S/C16H16N2O/c1-18-15(13-10-6-3-7-11-13)14(17-16(18)19)12-8-4-2-5-9-12/h2-11,14-15H,1H3,(H,17,19). The van der Waals surface area contributed by atoms with E-state index in [1.54, 1.807) is 0 Å². The summed E-state index contributed by atoms with van der Waals surface area (Å²) < 4.78 is 0. The van der Waals surface area contributed by atoms with Gasteiger partial charge in [-0.15, -0.1) is 0 Å². The summed E-state index contributed by atoms with van der Waals surface area (Å²) in [5.74, 6) is 0. The van der Waals surface area contributed by atoms with Crippen LogP contribution in [0.5, 0.6) is 0 Å². The third-order valence-corrected chi connectivity index (χ3v) is 3.57. The Morgan fingerprint density at radius 1 is 0.895 bits per heavy atom. The van der Waals surface area contributed by atoms with Gasteiger partial charge in [0.25, 0.3) is 6.02 Å². The van der Waals surface area contributed by atoms with Gasteiger partial charge < -0.3 is 10.0 Å². The lowest BCUT2D eigenvalue weighted by atomic mass is 9.94. The Bertz CT molecular complexity index is 580. The fourth-order valence-electron chi connectivity index (χ4n) is 2.59. The molecule has 3 nitrogen and oxygen atoms in total. The van der Waals surface area contributed by atoms with Crippen molar-refractivity contribution < 1.29 is 5.11 Å². The summed E-state index contributed by atoms with van der Waals surface area (Å²) >= 11 is 0. The maximum Gasteiger partial charge on any atom is 0.285 e. The van der Waals surface area contributed by atoms with Crippen molar-refractivity contribution in [2.75, 3.05) is 7.05 Å². The van der Waals surface area contributed by atoms with Gasteiger partial charge in [0.15, 0.2) is 0 Å². The van der Waals surface area contributed by atoms with Gasteiger partial charge in [0.2, 0.25) is 0 Å². The van der Waals surface area contributed by atoms with Crippen molar-refractivity contribution in [2.24, 2.45) is 4.99 Å². The van der Waals surface area contributed by atoms with Crippen LogP contribution >= 0.6 is 0 Å². The quantitative estimate of drug-likeness (QED) is 0.890. The maximum atomic E-state index is 9.94. The highest BCUT2D eigenvalue weighted by Gasteiger charge is 2.35. The van der Waals surface area contributed by atoms with Crippen LogP contribution in [0.4, 0.5) is 0 Å². The van der Waals surface area contributed by atoms with Gasteiger partial charge >= 0.3 is 0 Å². The van der Waals surface area contributed by atoms with Crippen LogP contribution in [-0.2, 0) is 0 Å². The minimum atomic E-state index is -0.0615. The lowest BCUT2D eigenvalue weighted by Gasteiger charge is -2.25. The molecule has 0 spiro atoms. The first-order chi connectivity index (χ1) is 9.27. The minimum absolute atomic E-state index is 0.0450. The van der Waals surface area contributed by atoms with Crippen LogP contribution < -0.4 is 0 Å². The Morgan fingerprint density at radius 2 is 1.42 bits per heavy atom. The van der Waals surface area contributed by atoms with Gasteiger partial charge in [-0.1, -0.05) is 60.7 Å². The molecule has 1 aliphatic rings. The van der Waals surface area contributed by atoms with Crippen molar-refractivity contribution in [1.29, 1.82) is 0 Å². The molecule has 0 radical (unpaired) electrons. The number of hydrogen-bond donors (Lipinski definition) is 1. The third kappa shape index (κ3) is 2.08. The van der Waals surface area contributed by atoms with E-state index in [4.69, 9.17) is 0 Å². The lowest BCUT2D eigenvalue weighted by Crippen LogP contribution is -2.27. The van der Waals surface area contributed by atoms with Gasteiger partial charge in [-0.25, -0.2) is 4.99 Å². The fraction of sp³-hybridized carbons (Fsp3) is 0.188. The van der Waals surface area contributed by atoms with Gasteiger partial charge in [0.1, 0.15) is 6.04 Å². The fourth-order valence-corrected chi connectivity index (χ4v) is 2.59. The van der Waals surface area contributed by atoms with Crippen molar-refractivity contribution in [3.8, 4) is 0 Å². The molecule has 0 aliphatic carbocycles. The molecule has 0 bridgehead atoms. The maximum absolute atomic E-state index is 9.94. The molecule has 3 rings (SSSR count). The van der Waals surface area contributed by atoms with Crippen molar-refractivity contribution in [1.82, 2.24) is 4.90 Å². The molecule has 2 aromatic carbocycles. The van der Waals surface area contributed by atoms with Gasteiger partial charge in [-0.05, 0) is 11.1 Å². The Labute approximate surface area is 112 Å². The van der Waals surface area contributed by atoms with E-state index in [-0.39, 0.29) is 18.1 Å². The molecule has 1 aliphatic heterocycles. The summed E-state index contributed by atoms with van der Waals surface area (Å²) in [7, 11) is 1.87. The molecule has 2 unspecified atom stereocenters. The van der Waals surface area contributed by atoms with Crippen LogP contribution in [0.2, 0.25) is 0 Å². The zero-order chi connectivity index (χ0) is 13.2. The Hall–Kier alpha value is -2.29. The summed E-state index contributed by atoms with van der Waals surface area (Å²) in [5.41, 5.74) is 2.28. The van der Waals surface area contributed by atoms with Crippen LogP contribution in [0.1, 0.15) is 23.2 Å². The third-order valence-electron chi connectivity index (χ3n) is 3.57. The van der Waals surface area contributed by atoms with Crippen LogP contribution in [0, 0.1) is 0 Å². The zero-order valence-electron chi connectivity index (χ0n) is 10.8. The van der Waals surface area contributed by atoms with Crippen LogP contribution in [0.3, 0.4) is 0 Å². The number of amidine groups is 1. The first kappa shape index (κ1) is 11.8. The van der Waals surface area contributed by atoms with E-state index in [0.29, 0.717) is 0 Å². The van der Waals surface area contributed by atoms with E-state index in [2.05, 4.69) is 29.3 Å². The molecule has 0 fully saturated rings. The Kier molecular flexibility index (Phi) is 2.95. The first-order valence-corrected chi connectivity index (χ1v) is 6.37. The van der Waals surface area contributed by atoms with Gasteiger partial charge in [0.05, 0.1) is 6.04 Å². The summed E-state index contributed by atoms with van der Waals surface area (Å²) in [6.45, 7) is 0. The smallest absolute Gasteiger partial charge is 0.285 e. The zero-order valence-corrected chi connectivity index (χ0v) is 10.8. The van der Waals surface area contributed by atoms with E-state index >= 15 is 0 Å². The number of aliphatic imine (C=N–C) groups is 1. The highest BCUT2D eigenvalue weighted by molar-refractivity contribution is 5.74. The number of aliphatic hydroxyl groups excluding tert-OH is 1. The number of hydrogen-bond acceptors (Lipinski definition) is 2. The molecule has 1 heterocycles. The van der Waals surface area contributed by atoms with Crippen molar-refractivity contribution in [3.05, 3.63) is 71.8 Å². The summed E-state index contributed by atoms with van der Waals surface area (Å²) in [6.07, 6.45) is 0. The van der Waals surface area contributed by atoms with Crippen molar-refractivity contribution >= 4 is 6.02 Å². The number of aliphatic hydroxyl groups is 1. The first-order valence-electron chi connectivity index (χ1n) is 6.37. The molecule has 0 amide bonds. The van der Waals surface area contributed by atoms with Crippen LogP contribution in [0.15, 0.2) is 65.7 Å². The molecule has 1 N–H and O–H groups in total. The Balaban J connectivity index is 2.02. The van der Waals surface area contributed by atoms with Crippen LogP contribution in [0.25, 0.3) is 0 Å². The van der Waals surface area contributed by atoms with E-state index in [9.17, 15) is 5.11 Å². The number of benzene rings is 2. The molecule has 0 aromatic heterocycles. The van der Waals surface area contributed by atoms with Gasteiger partial charge in [-0.3, -0.25) is 0 Å². The Morgan fingerprint density at radius 3 is 2.00 bits per heavy atom. The van der Waals surface area contributed by atoms with Gasteiger partial charge in [-0.2, -0.15) is 0 Å².